The maximum absolute atomic E-state index is 13.7. The summed E-state index contributed by atoms with van der Waals surface area (Å²) < 4.78 is 41.8. The van der Waals surface area contributed by atoms with Crippen molar-refractivity contribution in [3.8, 4) is 0 Å². The summed E-state index contributed by atoms with van der Waals surface area (Å²) in [7, 11) is 0. The minimum absolute atomic E-state index is 0.0234. The predicted octanol–water partition coefficient (Wildman–Crippen LogP) is 3.55. The summed E-state index contributed by atoms with van der Waals surface area (Å²) in [4.78, 5) is 24.9. The van der Waals surface area contributed by atoms with Gasteiger partial charge < -0.3 is 15.7 Å². The third-order valence-corrected chi connectivity index (χ3v) is 4.90. The smallest absolute Gasteiger partial charge is 0.363 e. The van der Waals surface area contributed by atoms with Crippen LogP contribution in [0, 0.1) is 5.92 Å². The lowest BCUT2D eigenvalue weighted by atomic mass is 9.77. The molecule has 1 heterocycles. The van der Waals surface area contributed by atoms with Gasteiger partial charge in [-0.05, 0) is 17.7 Å². The van der Waals surface area contributed by atoms with Crippen molar-refractivity contribution >= 4 is 27.7 Å². The molecule has 9 heteroatoms. The van der Waals surface area contributed by atoms with Gasteiger partial charge >= 0.3 is 12.2 Å². The second-order valence-corrected chi connectivity index (χ2v) is 7.02. The van der Waals surface area contributed by atoms with Crippen LogP contribution in [0.15, 0.2) is 59.1 Å². The number of hydrogen-bond donors (Lipinski definition) is 3. The Labute approximate surface area is 160 Å². The van der Waals surface area contributed by atoms with Crippen LogP contribution in [-0.2, 0) is 0 Å². The van der Waals surface area contributed by atoms with Gasteiger partial charge in [0.1, 0.15) is 5.92 Å². The number of Topliss-reactive ketones (excluding diaryl/α,β-unsaturated/α-hetero) is 1. The Morgan fingerprint density at radius 3 is 2.22 bits per heavy atom. The topological polar surface area (TPSA) is 78.4 Å². The molecule has 142 valence electrons. The maximum atomic E-state index is 13.7. The second kappa shape index (κ2) is 6.97. The number of ketones is 1. The van der Waals surface area contributed by atoms with E-state index in [-0.39, 0.29) is 11.1 Å². The number of carbonyl (C=O) groups excluding carboxylic acids is 2. The Bertz CT molecular complexity index is 858. The predicted molar refractivity (Wildman–Crippen MR) is 93.8 cm³/mol. The normalized spacial score (nSPS) is 25.4. The summed E-state index contributed by atoms with van der Waals surface area (Å²) in [6.07, 6.45) is -5.27. The number of benzene rings is 2. The molecule has 0 saturated carbocycles. The van der Waals surface area contributed by atoms with Crippen molar-refractivity contribution in [1.29, 1.82) is 0 Å². The summed E-state index contributed by atoms with van der Waals surface area (Å²) >= 11 is 3.19. The standard InChI is InChI=1S/C18H14BrF3N2O3/c19-12-8-6-11(7-9-12)15(25)13-14(10-4-2-1-3-5-10)23-16(26)24-17(13,27)18(20,21)22/h1-9,13-14,27H,(H2,23,24,26)/t13-,14+,17+/m0/s1. The van der Waals surface area contributed by atoms with Gasteiger partial charge in [0.25, 0.3) is 0 Å². The van der Waals surface area contributed by atoms with E-state index in [2.05, 4.69) is 21.2 Å². The Morgan fingerprint density at radius 1 is 1.07 bits per heavy atom. The van der Waals surface area contributed by atoms with Crippen LogP contribution in [0.25, 0.3) is 0 Å². The van der Waals surface area contributed by atoms with Crippen LogP contribution in [0.1, 0.15) is 22.0 Å². The zero-order valence-corrected chi connectivity index (χ0v) is 15.2. The fourth-order valence-corrected chi connectivity index (χ4v) is 3.34. The van der Waals surface area contributed by atoms with Crippen LogP contribution in [0.2, 0.25) is 0 Å². The Morgan fingerprint density at radius 2 is 1.67 bits per heavy atom. The quantitative estimate of drug-likeness (QED) is 0.636. The van der Waals surface area contributed by atoms with Crippen molar-refractivity contribution < 1.29 is 27.9 Å². The molecule has 0 unspecified atom stereocenters. The zero-order chi connectivity index (χ0) is 19.8. The molecule has 27 heavy (non-hydrogen) atoms. The molecule has 3 N–H and O–H groups in total. The molecule has 1 aliphatic heterocycles. The maximum Gasteiger partial charge on any atom is 0.437 e. The highest BCUT2D eigenvalue weighted by Gasteiger charge is 2.66. The Balaban J connectivity index is 2.15. The first-order valence-electron chi connectivity index (χ1n) is 7.86. The minimum atomic E-state index is -5.27. The molecule has 2 aromatic carbocycles. The second-order valence-electron chi connectivity index (χ2n) is 6.10. The Hall–Kier alpha value is -2.39. The molecule has 1 aliphatic rings. The number of aliphatic hydroxyl groups is 1. The van der Waals surface area contributed by atoms with Gasteiger partial charge in [0, 0.05) is 10.0 Å². The van der Waals surface area contributed by atoms with Crippen molar-refractivity contribution in [3.05, 3.63) is 70.2 Å². The number of nitrogens with one attached hydrogen (secondary N) is 2. The molecular weight excluding hydrogens is 429 g/mol. The number of hydrogen-bond acceptors (Lipinski definition) is 3. The average molecular weight is 443 g/mol. The molecule has 0 bridgehead atoms. The van der Waals surface area contributed by atoms with Crippen molar-refractivity contribution in [1.82, 2.24) is 10.6 Å². The summed E-state index contributed by atoms with van der Waals surface area (Å²) in [6.45, 7) is 0. The number of urea groups is 1. The first kappa shape index (κ1) is 19.4. The van der Waals surface area contributed by atoms with Crippen molar-refractivity contribution in [3.63, 3.8) is 0 Å². The van der Waals surface area contributed by atoms with E-state index in [1.165, 1.54) is 41.7 Å². The number of rotatable bonds is 3. The van der Waals surface area contributed by atoms with E-state index in [1.807, 2.05) is 0 Å². The molecule has 0 spiro atoms. The minimum Gasteiger partial charge on any atom is -0.363 e. The molecule has 1 fully saturated rings. The molecule has 0 radical (unpaired) electrons. The summed E-state index contributed by atoms with van der Waals surface area (Å²) in [5.41, 5.74) is -3.48. The number of alkyl halides is 3. The summed E-state index contributed by atoms with van der Waals surface area (Å²) in [6, 6.07) is 10.9. The van der Waals surface area contributed by atoms with Gasteiger partial charge in [0.2, 0.25) is 5.72 Å². The molecular formula is C18H14BrF3N2O3. The monoisotopic (exact) mass is 442 g/mol. The van der Waals surface area contributed by atoms with Crippen molar-refractivity contribution in [2.75, 3.05) is 0 Å². The molecule has 2 aromatic rings. The highest BCUT2D eigenvalue weighted by Crippen LogP contribution is 2.43. The van der Waals surface area contributed by atoms with Gasteiger partial charge in [-0.1, -0.05) is 58.4 Å². The van der Waals surface area contributed by atoms with Gasteiger partial charge in [0.15, 0.2) is 5.78 Å². The van der Waals surface area contributed by atoms with E-state index >= 15 is 0 Å². The lowest BCUT2D eigenvalue weighted by Crippen LogP contribution is -2.72. The lowest BCUT2D eigenvalue weighted by Gasteiger charge is -2.45. The highest BCUT2D eigenvalue weighted by atomic mass is 79.9. The first-order valence-corrected chi connectivity index (χ1v) is 8.65. The largest absolute Gasteiger partial charge is 0.437 e. The van der Waals surface area contributed by atoms with Crippen molar-refractivity contribution in [2.24, 2.45) is 5.92 Å². The van der Waals surface area contributed by atoms with E-state index in [4.69, 9.17) is 0 Å². The van der Waals surface area contributed by atoms with Crippen LogP contribution in [0.4, 0.5) is 18.0 Å². The molecule has 3 rings (SSSR count). The average Bonchev–Trinajstić information content (AvgIpc) is 2.61. The highest BCUT2D eigenvalue weighted by molar-refractivity contribution is 9.10. The number of halogens is 4. The van der Waals surface area contributed by atoms with E-state index in [9.17, 15) is 27.9 Å². The third-order valence-electron chi connectivity index (χ3n) is 4.38. The van der Waals surface area contributed by atoms with E-state index in [1.54, 1.807) is 18.2 Å². The fraction of sp³-hybridized carbons (Fsp3) is 0.222. The molecule has 1 saturated heterocycles. The van der Waals surface area contributed by atoms with Gasteiger partial charge in [-0.25, -0.2) is 4.79 Å². The van der Waals surface area contributed by atoms with Crippen LogP contribution < -0.4 is 10.6 Å². The van der Waals surface area contributed by atoms with Gasteiger partial charge in [-0.3, -0.25) is 4.79 Å². The SMILES string of the molecule is O=C1N[C@H](c2ccccc2)[C@@H](C(=O)c2ccc(Br)cc2)[C@@](O)(C(F)(F)F)N1. The molecule has 0 aromatic heterocycles. The van der Waals surface area contributed by atoms with Crippen LogP contribution >= 0.6 is 15.9 Å². The van der Waals surface area contributed by atoms with E-state index in [0.29, 0.717) is 4.47 Å². The van der Waals surface area contributed by atoms with Crippen LogP contribution in [0.5, 0.6) is 0 Å². The fourth-order valence-electron chi connectivity index (χ4n) is 3.07. The molecule has 3 atom stereocenters. The van der Waals surface area contributed by atoms with Crippen LogP contribution in [-0.4, -0.2) is 28.8 Å². The number of carbonyl (C=O) groups is 2. The lowest BCUT2D eigenvalue weighted by molar-refractivity contribution is -0.287. The van der Waals surface area contributed by atoms with E-state index < -0.39 is 35.7 Å². The van der Waals surface area contributed by atoms with Crippen molar-refractivity contribution in [2.45, 2.75) is 17.9 Å². The number of amides is 2. The molecule has 2 amide bonds. The van der Waals surface area contributed by atoms with Gasteiger partial charge in [0.05, 0.1) is 6.04 Å². The molecule has 0 aliphatic carbocycles. The summed E-state index contributed by atoms with van der Waals surface area (Å²) in [5.74, 6) is -2.98. The molecule has 5 nitrogen and oxygen atoms in total. The van der Waals surface area contributed by atoms with Gasteiger partial charge in [-0.15, -0.1) is 0 Å². The summed E-state index contributed by atoms with van der Waals surface area (Å²) in [5, 5.41) is 14.3. The Kier molecular flexibility index (Phi) is 5.00. The first-order chi connectivity index (χ1) is 12.6. The van der Waals surface area contributed by atoms with E-state index in [0.717, 1.165) is 0 Å². The third kappa shape index (κ3) is 3.57. The zero-order valence-electron chi connectivity index (χ0n) is 13.6. The van der Waals surface area contributed by atoms with Crippen LogP contribution in [0.3, 0.4) is 0 Å². The van der Waals surface area contributed by atoms with Gasteiger partial charge in [-0.2, -0.15) is 13.2 Å².